The summed E-state index contributed by atoms with van der Waals surface area (Å²) in [6.07, 6.45) is 0. The molecule has 0 spiro atoms. The van der Waals surface area contributed by atoms with Crippen LogP contribution < -0.4 is 11.3 Å². The Morgan fingerprint density at radius 3 is 2.18 bits per heavy atom. The standard InChI is InChI=1S/C13H12FIN2/c14-11-7-3-1-5-9(11)13(17-16)10-6-2-4-8-12(10)15/h1-8,13,17H,16H2. The summed E-state index contributed by atoms with van der Waals surface area (Å²) in [5.41, 5.74) is 4.20. The van der Waals surface area contributed by atoms with Gasteiger partial charge in [-0.25, -0.2) is 9.82 Å². The van der Waals surface area contributed by atoms with Crippen molar-refractivity contribution >= 4 is 22.6 Å². The smallest absolute Gasteiger partial charge is 0.128 e. The highest BCUT2D eigenvalue weighted by Crippen LogP contribution is 2.26. The van der Waals surface area contributed by atoms with Crippen molar-refractivity contribution in [3.63, 3.8) is 0 Å². The lowest BCUT2D eigenvalue weighted by Gasteiger charge is -2.18. The largest absolute Gasteiger partial charge is 0.271 e. The molecule has 0 saturated heterocycles. The van der Waals surface area contributed by atoms with E-state index in [-0.39, 0.29) is 11.9 Å². The maximum Gasteiger partial charge on any atom is 0.128 e. The molecule has 0 aliphatic carbocycles. The summed E-state index contributed by atoms with van der Waals surface area (Å²) in [4.78, 5) is 0. The van der Waals surface area contributed by atoms with E-state index in [1.165, 1.54) is 6.07 Å². The summed E-state index contributed by atoms with van der Waals surface area (Å²) < 4.78 is 14.8. The van der Waals surface area contributed by atoms with E-state index in [2.05, 4.69) is 28.0 Å². The van der Waals surface area contributed by atoms with Gasteiger partial charge in [0.15, 0.2) is 0 Å². The molecule has 88 valence electrons. The topological polar surface area (TPSA) is 38.0 Å². The second-order valence-corrected chi connectivity index (χ2v) is 4.80. The Bertz CT molecular complexity index is 471. The predicted octanol–water partition coefficient (Wildman–Crippen LogP) is 2.98. The molecule has 0 saturated carbocycles. The molecule has 0 aromatic heterocycles. The van der Waals surface area contributed by atoms with Crippen molar-refractivity contribution < 1.29 is 4.39 Å². The third kappa shape index (κ3) is 2.65. The van der Waals surface area contributed by atoms with Gasteiger partial charge in [0, 0.05) is 9.13 Å². The molecular weight excluding hydrogens is 330 g/mol. The van der Waals surface area contributed by atoms with Gasteiger partial charge in [-0.05, 0) is 40.3 Å². The minimum absolute atomic E-state index is 0.255. The lowest BCUT2D eigenvalue weighted by molar-refractivity contribution is 0.559. The zero-order chi connectivity index (χ0) is 12.3. The summed E-state index contributed by atoms with van der Waals surface area (Å²) in [6, 6.07) is 14.1. The van der Waals surface area contributed by atoms with Crippen LogP contribution >= 0.6 is 22.6 Å². The molecule has 2 nitrogen and oxygen atoms in total. The summed E-state index contributed by atoms with van der Waals surface area (Å²) in [5, 5.41) is 0. The van der Waals surface area contributed by atoms with E-state index in [1.54, 1.807) is 18.2 Å². The number of rotatable bonds is 3. The first kappa shape index (κ1) is 12.5. The van der Waals surface area contributed by atoms with Crippen LogP contribution in [0, 0.1) is 9.39 Å². The Balaban J connectivity index is 2.48. The van der Waals surface area contributed by atoms with Gasteiger partial charge in [-0.3, -0.25) is 5.84 Å². The number of hydrazine groups is 1. The van der Waals surface area contributed by atoms with Crippen molar-refractivity contribution in [3.8, 4) is 0 Å². The van der Waals surface area contributed by atoms with Gasteiger partial charge in [0.1, 0.15) is 5.82 Å². The fraction of sp³-hybridized carbons (Fsp3) is 0.0769. The normalized spacial score (nSPS) is 12.4. The Labute approximate surface area is 113 Å². The second kappa shape index (κ2) is 5.57. The minimum Gasteiger partial charge on any atom is -0.271 e. The summed E-state index contributed by atoms with van der Waals surface area (Å²) >= 11 is 2.22. The Kier molecular flexibility index (Phi) is 4.09. The Morgan fingerprint density at radius 2 is 1.59 bits per heavy atom. The van der Waals surface area contributed by atoms with Gasteiger partial charge in [-0.2, -0.15) is 0 Å². The van der Waals surface area contributed by atoms with Gasteiger partial charge in [0.05, 0.1) is 6.04 Å². The molecule has 2 aromatic carbocycles. The first-order chi connectivity index (χ1) is 8.24. The predicted molar refractivity (Wildman–Crippen MR) is 74.7 cm³/mol. The number of hydrogen-bond acceptors (Lipinski definition) is 2. The van der Waals surface area contributed by atoms with Crippen LogP contribution in [0.2, 0.25) is 0 Å². The third-order valence-electron chi connectivity index (χ3n) is 2.60. The van der Waals surface area contributed by atoms with Crippen molar-refractivity contribution in [3.05, 3.63) is 69.0 Å². The molecule has 0 bridgehead atoms. The molecule has 3 N–H and O–H groups in total. The molecular formula is C13H12FIN2. The van der Waals surface area contributed by atoms with Crippen LogP contribution in [0.4, 0.5) is 4.39 Å². The van der Waals surface area contributed by atoms with Gasteiger partial charge < -0.3 is 0 Å². The van der Waals surface area contributed by atoms with Crippen molar-refractivity contribution in [1.29, 1.82) is 0 Å². The van der Waals surface area contributed by atoms with Crippen molar-refractivity contribution in [2.45, 2.75) is 6.04 Å². The van der Waals surface area contributed by atoms with Crippen molar-refractivity contribution in [2.24, 2.45) is 5.84 Å². The highest BCUT2D eigenvalue weighted by molar-refractivity contribution is 14.1. The average Bonchev–Trinajstić information content (AvgIpc) is 2.34. The summed E-state index contributed by atoms with van der Waals surface area (Å²) in [5.74, 6) is 5.30. The first-order valence-corrected chi connectivity index (χ1v) is 6.27. The number of halogens is 2. The van der Waals surface area contributed by atoms with E-state index >= 15 is 0 Å². The van der Waals surface area contributed by atoms with Crippen LogP contribution in [0.15, 0.2) is 48.5 Å². The van der Waals surface area contributed by atoms with Crippen LogP contribution in [0.5, 0.6) is 0 Å². The monoisotopic (exact) mass is 342 g/mol. The van der Waals surface area contributed by atoms with Crippen molar-refractivity contribution in [2.75, 3.05) is 0 Å². The second-order valence-electron chi connectivity index (χ2n) is 3.64. The number of benzene rings is 2. The quantitative estimate of drug-likeness (QED) is 0.511. The molecule has 4 heteroatoms. The van der Waals surface area contributed by atoms with Gasteiger partial charge in [-0.15, -0.1) is 0 Å². The van der Waals surface area contributed by atoms with E-state index in [0.717, 1.165) is 9.13 Å². The molecule has 1 atom stereocenters. The van der Waals surface area contributed by atoms with Crippen LogP contribution in [-0.2, 0) is 0 Å². The van der Waals surface area contributed by atoms with Crippen molar-refractivity contribution in [1.82, 2.24) is 5.43 Å². The van der Waals surface area contributed by atoms with E-state index in [0.29, 0.717) is 5.56 Å². The lowest BCUT2D eigenvalue weighted by Crippen LogP contribution is -2.30. The lowest BCUT2D eigenvalue weighted by atomic mass is 9.99. The van der Waals surface area contributed by atoms with Crippen LogP contribution in [0.25, 0.3) is 0 Å². The molecule has 0 radical (unpaired) electrons. The highest BCUT2D eigenvalue weighted by atomic mass is 127. The molecule has 0 amide bonds. The van der Waals surface area contributed by atoms with Gasteiger partial charge in [0.25, 0.3) is 0 Å². The molecule has 0 heterocycles. The van der Waals surface area contributed by atoms with E-state index < -0.39 is 0 Å². The van der Waals surface area contributed by atoms with E-state index in [4.69, 9.17) is 5.84 Å². The van der Waals surface area contributed by atoms with E-state index in [1.807, 2.05) is 24.3 Å². The van der Waals surface area contributed by atoms with Crippen LogP contribution in [0.3, 0.4) is 0 Å². The Morgan fingerprint density at radius 1 is 1.00 bits per heavy atom. The molecule has 0 aliphatic rings. The molecule has 0 fully saturated rings. The van der Waals surface area contributed by atoms with Gasteiger partial charge >= 0.3 is 0 Å². The Hall–Kier alpha value is -0.980. The fourth-order valence-corrected chi connectivity index (χ4v) is 2.46. The van der Waals surface area contributed by atoms with E-state index in [9.17, 15) is 4.39 Å². The zero-order valence-electron chi connectivity index (χ0n) is 9.03. The van der Waals surface area contributed by atoms with Gasteiger partial charge in [-0.1, -0.05) is 36.4 Å². The zero-order valence-corrected chi connectivity index (χ0v) is 11.2. The maximum absolute atomic E-state index is 13.7. The molecule has 0 aliphatic heterocycles. The molecule has 2 aromatic rings. The third-order valence-corrected chi connectivity index (χ3v) is 3.58. The number of hydrogen-bond donors (Lipinski definition) is 2. The maximum atomic E-state index is 13.7. The molecule has 1 unspecified atom stereocenters. The van der Waals surface area contributed by atoms with Gasteiger partial charge in [0.2, 0.25) is 0 Å². The SMILES string of the molecule is NNC(c1ccccc1F)c1ccccc1I. The first-order valence-electron chi connectivity index (χ1n) is 5.19. The minimum atomic E-state index is -0.329. The number of nitrogens with two attached hydrogens (primary N) is 1. The number of nitrogens with one attached hydrogen (secondary N) is 1. The summed E-state index contributed by atoms with van der Waals surface area (Å²) in [6.45, 7) is 0. The van der Waals surface area contributed by atoms with Crippen LogP contribution in [-0.4, -0.2) is 0 Å². The molecule has 2 rings (SSSR count). The average molecular weight is 342 g/mol. The molecule has 17 heavy (non-hydrogen) atoms. The van der Waals surface area contributed by atoms with Crippen LogP contribution in [0.1, 0.15) is 17.2 Å². The highest BCUT2D eigenvalue weighted by Gasteiger charge is 2.17. The summed E-state index contributed by atoms with van der Waals surface area (Å²) in [7, 11) is 0. The fourth-order valence-electron chi connectivity index (χ4n) is 1.77.